The minimum absolute atomic E-state index is 0. The van der Waals surface area contributed by atoms with Gasteiger partial charge in [-0.3, -0.25) is 4.48 Å². The third-order valence-corrected chi connectivity index (χ3v) is 6.01. The molecule has 0 bridgehead atoms. The summed E-state index contributed by atoms with van der Waals surface area (Å²) >= 11 is 0. The molecule has 2 heteroatoms. The molecule has 0 spiro atoms. The molecule has 0 amide bonds. The Balaban J connectivity index is 0.00000784. The fraction of sp³-hybridized carbons (Fsp3) is 0.778. The minimum Gasteiger partial charge on any atom is -1.00 e. The molecule has 29 heavy (non-hydrogen) atoms. The van der Waals surface area contributed by atoms with Gasteiger partial charge in [0.05, 0.1) is 21.1 Å². The highest BCUT2D eigenvalue weighted by Gasteiger charge is 2.16. The third kappa shape index (κ3) is 15.2. The third-order valence-electron chi connectivity index (χ3n) is 6.01. The van der Waals surface area contributed by atoms with Crippen molar-refractivity contribution in [1.29, 1.82) is 0 Å². The molecule has 0 unspecified atom stereocenters. The van der Waals surface area contributed by atoms with E-state index in [1.54, 1.807) is 5.56 Å². The molecule has 0 aliphatic carbocycles. The second-order valence-electron chi connectivity index (χ2n) is 9.69. The molecule has 1 aromatic rings. The van der Waals surface area contributed by atoms with Crippen LogP contribution < -0.4 is 21.5 Å². The molecule has 1 rings (SSSR count). The van der Waals surface area contributed by atoms with E-state index in [4.69, 9.17) is 0 Å². The number of unbranched alkanes of at least 4 members (excludes halogenated alkanes) is 15. The zero-order valence-electron chi connectivity index (χ0n) is 20.2. The topological polar surface area (TPSA) is 0 Å². The quantitative estimate of drug-likeness (QED) is 0.192. The van der Waals surface area contributed by atoms with Crippen LogP contribution in [-0.4, -0.2) is 21.1 Å². The molecule has 0 heterocycles. The molecule has 0 saturated carbocycles. The van der Waals surface area contributed by atoms with Gasteiger partial charge < -0.3 is 17.0 Å². The highest BCUT2D eigenvalue weighted by Crippen LogP contribution is 2.24. The molecule has 0 atom stereocenters. The summed E-state index contributed by atoms with van der Waals surface area (Å²) in [5.74, 6) is 0. The summed E-state index contributed by atoms with van der Waals surface area (Å²) in [6.07, 6.45) is 24.3. The smallest absolute Gasteiger partial charge is 0.135 e. The Kier molecular flexibility index (Phi) is 18.2. The SMILES string of the molecule is CCCCCCCCCCCCCCCCCCc1ccccc1[N+](C)(C)C.[Br-]. The van der Waals surface area contributed by atoms with Crippen molar-refractivity contribution < 1.29 is 17.0 Å². The predicted octanol–water partition coefficient (Wildman–Crippen LogP) is 5.69. The normalized spacial score (nSPS) is 11.4. The predicted molar refractivity (Wildman–Crippen MR) is 129 cm³/mol. The lowest BCUT2D eigenvalue weighted by Gasteiger charge is -2.26. The summed E-state index contributed by atoms with van der Waals surface area (Å²) in [6, 6.07) is 8.99. The van der Waals surface area contributed by atoms with Gasteiger partial charge in [-0.05, 0) is 18.9 Å². The Bertz CT molecular complexity index is 478. The van der Waals surface area contributed by atoms with Gasteiger partial charge in [0.2, 0.25) is 0 Å². The first-order chi connectivity index (χ1) is 13.6. The second-order valence-corrected chi connectivity index (χ2v) is 9.69. The van der Waals surface area contributed by atoms with Gasteiger partial charge in [-0.1, -0.05) is 121 Å². The van der Waals surface area contributed by atoms with Crippen LogP contribution in [0.15, 0.2) is 24.3 Å². The molecular weight excluding hydrogens is 418 g/mol. The van der Waals surface area contributed by atoms with Crippen LogP contribution in [0, 0.1) is 0 Å². The lowest BCUT2D eigenvalue weighted by molar-refractivity contribution is -0.00000638. The van der Waals surface area contributed by atoms with E-state index in [2.05, 4.69) is 52.3 Å². The van der Waals surface area contributed by atoms with Gasteiger partial charge in [0, 0.05) is 5.56 Å². The van der Waals surface area contributed by atoms with E-state index in [0.717, 1.165) is 4.48 Å². The number of benzene rings is 1. The zero-order valence-corrected chi connectivity index (χ0v) is 21.7. The molecule has 0 radical (unpaired) electrons. The Labute approximate surface area is 194 Å². The standard InChI is InChI=1S/C27H50N.BrH/c1-5-6-7-8-9-10-11-12-13-14-15-16-17-18-19-20-23-26-24-21-22-25-27(26)28(2,3)4;/h21-22,24-25H,5-20,23H2,1-4H3;1H/q+1;/p-1. The summed E-state index contributed by atoms with van der Waals surface area (Å²) in [7, 11) is 6.81. The average molecular weight is 469 g/mol. The largest absolute Gasteiger partial charge is 1.00 e. The molecule has 0 fully saturated rings. The van der Waals surface area contributed by atoms with Crippen molar-refractivity contribution in [2.45, 2.75) is 116 Å². The zero-order chi connectivity index (χ0) is 20.5. The number of halogens is 1. The van der Waals surface area contributed by atoms with Gasteiger partial charge in [0.15, 0.2) is 0 Å². The van der Waals surface area contributed by atoms with Crippen LogP contribution in [0.1, 0.15) is 115 Å². The van der Waals surface area contributed by atoms with Crippen LogP contribution in [-0.2, 0) is 6.42 Å². The lowest BCUT2D eigenvalue weighted by atomic mass is 10.0. The number of para-hydroxylation sites is 1. The number of hydrogen-bond acceptors (Lipinski definition) is 0. The van der Waals surface area contributed by atoms with E-state index in [0.29, 0.717) is 0 Å². The van der Waals surface area contributed by atoms with Crippen LogP contribution >= 0.6 is 0 Å². The molecule has 0 aromatic heterocycles. The van der Waals surface area contributed by atoms with E-state index < -0.39 is 0 Å². The minimum atomic E-state index is 0. The Morgan fingerprint density at radius 2 is 0.931 bits per heavy atom. The van der Waals surface area contributed by atoms with E-state index in [1.807, 2.05) is 0 Å². The van der Waals surface area contributed by atoms with Crippen LogP contribution in [0.5, 0.6) is 0 Å². The number of hydrogen-bond donors (Lipinski definition) is 0. The first kappa shape index (κ1) is 28.7. The first-order valence-electron chi connectivity index (χ1n) is 12.5. The molecule has 0 aliphatic heterocycles. The summed E-state index contributed by atoms with van der Waals surface area (Å²) in [5, 5.41) is 0. The van der Waals surface area contributed by atoms with Gasteiger partial charge in [0.1, 0.15) is 5.69 Å². The monoisotopic (exact) mass is 467 g/mol. The summed E-state index contributed by atoms with van der Waals surface area (Å²) < 4.78 is 0.926. The van der Waals surface area contributed by atoms with Gasteiger partial charge in [-0.2, -0.15) is 0 Å². The molecule has 0 saturated heterocycles. The van der Waals surface area contributed by atoms with Crippen molar-refractivity contribution >= 4 is 5.69 Å². The maximum Gasteiger partial charge on any atom is 0.135 e. The first-order valence-corrected chi connectivity index (χ1v) is 12.5. The molecule has 0 N–H and O–H groups in total. The Morgan fingerprint density at radius 3 is 1.34 bits per heavy atom. The van der Waals surface area contributed by atoms with Crippen LogP contribution in [0.25, 0.3) is 0 Å². The maximum absolute atomic E-state index is 2.32. The molecule has 170 valence electrons. The molecule has 1 aromatic carbocycles. The summed E-state index contributed by atoms with van der Waals surface area (Å²) in [4.78, 5) is 0. The van der Waals surface area contributed by atoms with E-state index in [-0.39, 0.29) is 17.0 Å². The molecular formula is C27H50BrN. The fourth-order valence-electron chi connectivity index (χ4n) is 4.24. The van der Waals surface area contributed by atoms with Crippen LogP contribution in [0.2, 0.25) is 0 Å². The number of quaternary nitrogens is 1. The molecule has 1 nitrogen and oxygen atoms in total. The second kappa shape index (κ2) is 18.4. The van der Waals surface area contributed by atoms with E-state index in [9.17, 15) is 0 Å². The number of rotatable bonds is 18. The summed E-state index contributed by atoms with van der Waals surface area (Å²) in [6.45, 7) is 2.30. The van der Waals surface area contributed by atoms with Gasteiger partial charge in [-0.25, -0.2) is 0 Å². The van der Waals surface area contributed by atoms with Crippen LogP contribution in [0.3, 0.4) is 0 Å². The van der Waals surface area contributed by atoms with Crippen molar-refractivity contribution in [2.24, 2.45) is 0 Å². The van der Waals surface area contributed by atoms with Crippen LogP contribution in [0.4, 0.5) is 5.69 Å². The van der Waals surface area contributed by atoms with Crippen molar-refractivity contribution in [3.63, 3.8) is 0 Å². The lowest BCUT2D eigenvalue weighted by Crippen LogP contribution is -3.00. The maximum atomic E-state index is 2.32. The van der Waals surface area contributed by atoms with Gasteiger partial charge in [-0.15, -0.1) is 0 Å². The van der Waals surface area contributed by atoms with Crippen molar-refractivity contribution in [3.8, 4) is 0 Å². The number of aryl methyl sites for hydroxylation is 1. The van der Waals surface area contributed by atoms with Crippen molar-refractivity contribution in [1.82, 2.24) is 4.48 Å². The average Bonchev–Trinajstić information content (AvgIpc) is 2.67. The summed E-state index contributed by atoms with van der Waals surface area (Å²) in [5.41, 5.74) is 3.02. The number of nitrogens with zero attached hydrogens (tertiary/aromatic N) is 1. The van der Waals surface area contributed by atoms with Crippen molar-refractivity contribution in [2.75, 3.05) is 21.1 Å². The Morgan fingerprint density at radius 1 is 0.552 bits per heavy atom. The fourth-order valence-corrected chi connectivity index (χ4v) is 4.24. The highest BCUT2D eigenvalue weighted by atomic mass is 79.9. The van der Waals surface area contributed by atoms with Gasteiger partial charge >= 0.3 is 0 Å². The molecule has 0 aliphatic rings. The van der Waals surface area contributed by atoms with Gasteiger partial charge in [0.25, 0.3) is 0 Å². The van der Waals surface area contributed by atoms with E-state index in [1.165, 1.54) is 115 Å². The van der Waals surface area contributed by atoms with E-state index >= 15 is 0 Å². The Hall–Kier alpha value is -0.340. The highest BCUT2D eigenvalue weighted by molar-refractivity contribution is 5.49. The van der Waals surface area contributed by atoms with Crippen molar-refractivity contribution in [3.05, 3.63) is 29.8 Å².